The summed E-state index contributed by atoms with van der Waals surface area (Å²) in [5, 5.41) is 6.89. The number of rotatable bonds is 0. The fourth-order valence-corrected chi connectivity index (χ4v) is 0. The van der Waals surface area contributed by atoms with Gasteiger partial charge in [-0.1, -0.05) is 0 Å². The predicted octanol–water partition coefficient (Wildman–Crippen LogP) is -1.06. The van der Waals surface area contributed by atoms with Gasteiger partial charge in [-0.3, -0.25) is 4.79 Å². The van der Waals surface area contributed by atoms with Crippen molar-refractivity contribution in [3.05, 3.63) is 0 Å². The van der Waals surface area contributed by atoms with Gasteiger partial charge in [0.1, 0.15) is 0 Å². The van der Waals surface area contributed by atoms with Gasteiger partial charge < -0.3 is 5.11 Å². The van der Waals surface area contributed by atoms with E-state index in [4.69, 9.17) is 9.90 Å². The van der Waals surface area contributed by atoms with Gasteiger partial charge in [0.2, 0.25) is 0 Å². The minimum atomic E-state index is -0.250. The summed E-state index contributed by atoms with van der Waals surface area (Å²) in [6.07, 6.45) is 0. The second-order valence-corrected chi connectivity index (χ2v) is 0.105. The van der Waals surface area contributed by atoms with E-state index in [1.807, 2.05) is 0 Å². The van der Waals surface area contributed by atoms with E-state index in [2.05, 4.69) is 0 Å². The van der Waals surface area contributed by atoms with Gasteiger partial charge in [-0.15, -0.1) is 0 Å². The van der Waals surface area contributed by atoms with Gasteiger partial charge >= 0.3 is 0 Å². The monoisotopic (exact) mass is 124 g/mol. The molecule has 4 heteroatoms. The van der Waals surface area contributed by atoms with Gasteiger partial charge in [0.25, 0.3) is 6.47 Å². The van der Waals surface area contributed by atoms with Crippen LogP contribution in [0.4, 0.5) is 0 Å². The summed E-state index contributed by atoms with van der Waals surface area (Å²) >= 11 is 0. The fraction of sp³-hybridized carbons (Fsp3) is 0. The van der Waals surface area contributed by atoms with E-state index in [1.54, 1.807) is 0 Å². The van der Waals surface area contributed by atoms with E-state index in [0.717, 1.165) is 0 Å². The third-order valence-electron chi connectivity index (χ3n) is 0. The standard InChI is InChI=1S/CH2O2.2K/c2-1-3;;/h1H,(H,2,3);;. The topological polar surface area (TPSA) is 37.3 Å². The van der Waals surface area contributed by atoms with Crippen molar-refractivity contribution in [3.63, 3.8) is 0 Å². The third kappa shape index (κ3) is 20.2. The molecule has 1 N–H and O–H groups in total. The Kier molecular flexibility index (Phi) is 49.7. The van der Waals surface area contributed by atoms with Gasteiger partial charge in [0, 0.05) is 103 Å². The number of carbonyl (C=O) groups is 1. The molecule has 0 aromatic carbocycles. The molecular weight excluding hydrogens is 122 g/mol. The largest absolute Gasteiger partial charge is 0.483 e. The Balaban J connectivity index is -0.0000000200. The van der Waals surface area contributed by atoms with E-state index in [1.165, 1.54) is 0 Å². The third-order valence-corrected chi connectivity index (χ3v) is 0. The second-order valence-electron chi connectivity index (χ2n) is 0.105. The van der Waals surface area contributed by atoms with Crippen LogP contribution in [0.15, 0.2) is 0 Å². The molecule has 0 aliphatic rings. The Morgan fingerprint density at radius 3 is 1.40 bits per heavy atom. The summed E-state index contributed by atoms with van der Waals surface area (Å²) in [4.78, 5) is 8.36. The molecule has 0 saturated heterocycles. The number of hydrogen-bond donors (Lipinski definition) is 1. The molecule has 20 valence electrons. The first-order chi connectivity index (χ1) is 1.41. The molecular formula is CH2K2O2. The van der Waals surface area contributed by atoms with Gasteiger partial charge in [-0.05, 0) is 0 Å². The maximum atomic E-state index is 8.36. The van der Waals surface area contributed by atoms with Crippen LogP contribution in [0.25, 0.3) is 0 Å². The minimum Gasteiger partial charge on any atom is -0.483 e. The van der Waals surface area contributed by atoms with Gasteiger partial charge in [0.15, 0.2) is 0 Å². The first kappa shape index (κ1) is 15.6. The first-order valence-electron chi connectivity index (χ1n) is 0.494. The zero-order chi connectivity index (χ0) is 2.71. The van der Waals surface area contributed by atoms with Gasteiger partial charge in [-0.25, -0.2) is 0 Å². The summed E-state index contributed by atoms with van der Waals surface area (Å²) < 4.78 is 0. The van der Waals surface area contributed by atoms with E-state index in [0.29, 0.717) is 0 Å². The summed E-state index contributed by atoms with van der Waals surface area (Å²) in [6.45, 7) is -0.250. The van der Waals surface area contributed by atoms with Crippen LogP contribution in [-0.2, 0) is 4.79 Å². The Morgan fingerprint density at radius 2 is 1.40 bits per heavy atom. The van der Waals surface area contributed by atoms with Crippen molar-refractivity contribution in [3.8, 4) is 0 Å². The maximum Gasteiger partial charge on any atom is 0.290 e. The second kappa shape index (κ2) is 15.9. The number of hydrogen-bond acceptors (Lipinski definition) is 1. The molecule has 5 heavy (non-hydrogen) atoms. The van der Waals surface area contributed by atoms with Crippen LogP contribution in [0.2, 0.25) is 0 Å². The van der Waals surface area contributed by atoms with E-state index in [9.17, 15) is 0 Å². The molecule has 0 bridgehead atoms. The molecule has 0 unspecified atom stereocenters. The Morgan fingerprint density at radius 1 is 1.40 bits per heavy atom. The summed E-state index contributed by atoms with van der Waals surface area (Å²) in [5.74, 6) is 0. The Hall–Kier alpha value is 2.74. The average Bonchev–Trinajstić information content (AvgIpc) is 0.918. The van der Waals surface area contributed by atoms with Crippen molar-refractivity contribution in [2.75, 3.05) is 0 Å². The van der Waals surface area contributed by atoms with Crippen LogP contribution in [0, 0.1) is 0 Å². The first-order valence-corrected chi connectivity index (χ1v) is 0.494. The Bertz CT molecular complexity index is 15.1. The quantitative estimate of drug-likeness (QED) is 0.330. The normalized spacial score (nSPS) is 2.40. The van der Waals surface area contributed by atoms with Crippen molar-refractivity contribution < 1.29 is 9.90 Å². The molecule has 0 amide bonds. The van der Waals surface area contributed by atoms with Crippen molar-refractivity contribution >= 4 is 109 Å². The molecule has 2 nitrogen and oxygen atoms in total. The van der Waals surface area contributed by atoms with Crippen molar-refractivity contribution in [2.24, 2.45) is 0 Å². The van der Waals surface area contributed by atoms with Crippen LogP contribution in [0.1, 0.15) is 0 Å². The minimum absolute atomic E-state index is 0. The van der Waals surface area contributed by atoms with Crippen molar-refractivity contribution in [1.82, 2.24) is 0 Å². The molecule has 0 aromatic heterocycles. The van der Waals surface area contributed by atoms with Gasteiger partial charge in [0.05, 0.1) is 0 Å². The van der Waals surface area contributed by atoms with E-state index < -0.39 is 0 Å². The maximum absolute atomic E-state index is 8.36. The summed E-state index contributed by atoms with van der Waals surface area (Å²) in [7, 11) is 0. The molecule has 0 rings (SSSR count). The molecule has 0 saturated carbocycles. The predicted molar refractivity (Wildman–Crippen MR) is 20.2 cm³/mol. The fourth-order valence-electron chi connectivity index (χ4n) is 0. The van der Waals surface area contributed by atoms with Crippen LogP contribution in [0.5, 0.6) is 0 Å². The molecule has 0 aliphatic heterocycles. The van der Waals surface area contributed by atoms with Crippen molar-refractivity contribution in [1.29, 1.82) is 0 Å². The molecule has 0 heterocycles. The summed E-state index contributed by atoms with van der Waals surface area (Å²) in [6, 6.07) is 0. The molecule has 0 aliphatic carbocycles. The molecule has 0 fully saturated rings. The average molecular weight is 124 g/mol. The molecule has 0 atom stereocenters. The van der Waals surface area contributed by atoms with Crippen LogP contribution in [-0.4, -0.2) is 114 Å². The van der Waals surface area contributed by atoms with Crippen molar-refractivity contribution in [2.45, 2.75) is 0 Å². The smallest absolute Gasteiger partial charge is 0.290 e. The Labute approximate surface area is 116 Å². The van der Waals surface area contributed by atoms with E-state index in [-0.39, 0.29) is 109 Å². The SMILES string of the molecule is O=CO.[K].[K]. The van der Waals surface area contributed by atoms with Crippen LogP contribution < -0.4 is 0 Å². The van der Waals surface area contributed by atoms with Crippen LogP contribution >= 0.6 is 0 Å². The van der Waals surface area contributed by atoms with Crippen LogP contribution in [0.3, 0.4) is 0 Å². The zero-order valence-corrected chi connectivity index (χ0v) is 9.68. The number of carboxylic acid groups (broad SMARTS) is 1. The molecule has 2 radical (unpaired) electrons. The summed E-state index contributed by atoms with van der Waals surface area (Å²) in [5.41, 5.74) is 0. The van der Waals surface area contributed by atoms with Gasteiger partial charge in [-0.2, -0.15) is 0 Å². The van der Waals surface area contributed by atoms with E-state index >= 15 is 0 Å². The zero-order valence-electron chi connectivity index (χ0n) is 3.43. The molecule has 0 aromatic rings. The molecule has 0 spiro atoms.